The average Bonchev–Trinajstić information content (AvgIpc) is 2.16. The molecule has 1 rings (SSSR count). The van der Waals surface area contributed by atoms with Gasteiger partial charge in [-0.05, 0) is 17.4 Å². The molecule has 1 aromatic rings. The van der Waals surface area contributed by atoms with E-state index in [2.05, 4.69) is 26.0 Å². The van der Waals surface area contributed by atoms with E-state index in [4.69, 9.17) is 0 Å². The highest BCUT2D eigenvalue weighted by molar-refractivity contribution is 5.50. The maximum atomic E-state index is 10.2. The molecule has 0 saturated heterocycles. The van der Waals surface area contributed by atoms with Crippen molar-refractivity contribution >= 4 is 6.29 Å². The molecule has 0 spiro atoms. The summed E-state index contributed by atoms with van der Waals surface area (Å²) in [5.74, 6) is 0. The topological polar surface area (TPSA) is 17.1 Å². The molecule has 0 heterocycles. The predicted octanol–water partition coefficient (Wildman–Crippen LogP) is 2.85. The van der Waals surface area contributed by atoms with Crippen LogP contribution in [0.4, 0.5) is 0 Å². The summed E-state index contributed by atoms with van der Waals surface area (Å²) in [5.41, 5.74) is 1.36. The van der Waals surface area contributed by atoms with Gasteiger partial charge in [-0.25, -0.2) is 0 Å². The fraction of sp³-hybridized carbons (Fsp3) is 0.417. The SMILES string of the molecule is CC(C)(CC[C]=O)c1ccccc1. The van der Waals surface area contributed by atoms with Crippen LogP contribution in [0.3, 0.4) is 0 Å². The highest BCUT2D eigenvalue weighted by atomic mass is 16.1. The van der Waals surface area contributed by atoms with Crippen LogP contribution in [0.25, 0.3) is 0 Å². The van der Waals surface area contributed by atoms with Gasteiger partial charge >= 0.3 is 0 Å². The Morgan fingerprint density at radius 2 is 1.85 bits per heavy atom. The summed E-state index contributed by atoms with van der Waals surface area (Å²) in [6, 6.07) is 10.3. The summed E-state index contributed by atoms with van der Waals surface area (Å²) >= 11 is 0. The van der Waals surface area contributed by atoms with Crippen LogP contribution in [-0.2, 0) is 10.2 Å². The zero-order chi connectivity index (χ0) is 9.73. The standard InChI is InChI=1S/C12H15O/c1-12(2,9-6-10-13)11-7-4-3-5-8-11/h3-5,7-8H,6,9H2,1-2H3. The van der Waals surface area contributed by atoms with E-state index >= 15 is 0 Å². The molecule has 0 atom stereocenters. The first-order valence-corrected chi connectivity index (χ1v) is 4.57. The van der Waals surface area contributed by atoms with Gasteiger partial charge in [0.2, 0.25) is 0 Å². The molecule has 1 radical (unpaired) electrons. The van der Waals surface area contributed by atoms with Crippen molar-refractivity contribution in [1.82, 2.24) is 0 Å². The molecule has 0 unspecified atom stereocenters. The first-order chi connectivity index (χ1) is 6.17. The molecule has 0 aliphatic carbocycles. The second-order valence-electron chi connectivity index (χ2n) is 3.89. The molecule has 0 amide bonds. The summed E-state index contributed by atoms with van der Waals surface area (Å²) in [7, 11) is 0. The van der Waals surface area contributed by atoms with Crippen LogP contribution in [0.1, 0.15) is 32.3 Å². The number of rotatable bonds is 4. The van der Waals surface area contributed by atoms with E-state index in [1.54, 1.807) is 0 Å². The minimum absolute atomic E-state index is 0.0820. The van der Waals surface area contributed by atoms with E-state index in [1.807, 2.05) is 24.5 Å². The first-order valence-electron chi connectivity index (χ1n) is 4.57. The van der Waals surface area contributed by atoms with Gasteiger partial charge in [-0.3, -0.25) is 4.79 Å². The Balaban J connectivity index is 2.74. The molecule has 1 heteroatoms. The van der Waals surface area contributed by atoms with Crippen LogP contribution in [0.5, 0.6) is 0 Å². The minimum atomic E-state index is 0.0820. The maximum absolute atomic E-state index is 10.2. The molecule has 0 fully saturated rings. The highest BCUT2D eigenvalue weighted by Crippen LogP contribution is 2.27. The van der Waals surface area contributed by atoms with Crippen molar-refractivity contribution in [1.29, 1.82) is 0 Å². The summed E-state index contributed by atoms with van der Waals surface area (Å²) in [5, 5.41) is 0. The van der Waals surface area contributed by atoms with Crippen molar-refractivity contribution in [2.75, 3.05) is 0 Å². The third kappa shape index (κ3) is 2.69. The Bertz CT molecular complexity index is 262. The summed E-state index contributed by atoms with van der Waals surface area (Å²) in [6.07, 6.45) is 3.32. The van der Waals surface area contributed by atoms with E-state index in [0.29, 0.717) is 6.42 Å². The molecule has 1 nitrogen and oxygen atoms in total. The average molecular weight is 175 g/mol. The normalized spacial score (nSPS) is 11.2. The van der Waals surface area contributed by atoms with Crippen LogP contribution in [0.15, 0.2) is 30.3 Å². The van der Waals surface area contributed by atoms with E-state index < -0.39 is 0 Å². The molecule has 0 N–H and O–H groups in total. The Morgan fingerprint density at radius 3 is 2.38 bits per heavy atom. The molecule has 0 saturated carbocycles. The second-order valence-corrected chi connectivity index (χ2v) is 3.89. The van der Waals surface area contributed by atoms with Crippen LogP contribution in [0.2, 0.25) is 0 Å². The summed E-state index contributed by atoms with van der Waals surface area (Å²) in [4.78, 5) is 10.2. The lowest BCUT2D eigenvalue weighted by molar-refractivity contribution is 0.475. The van der Waals surface area contributed by atoms with Crippen LogP contribution < -0.4 is 0 Å². The molecule has 0 aliphatic rings. The zero-order valence-electron chi connectivity index (χ0n) is 8.21. The van der Waals surface area contributed by atoms with E-state index in [1.165, 1.54) is 5.56 Å². The molecular weight excluding hydrogens is 160 g/mol. The summed E-state index contributed by atoms with van der Waals surface area (Å²) < 4.78 is 0. The molecular formula is C12H15O. The highest BCUT2D eigenvalue weighted by Gasteiger charge is 2.19. The second kappa shape index (κ2) is 4.22. The van der Waals surface area contributed by atoms with E-state index in [9.17, 15) is 4.79 Å². The van der Waals surface area contributed by atoms with Crippen molar-refractivity contribution in [3.05, 3.63) is 35.9 Å². The van der Waals surface area contributed by atoms with Crippen LogP contribution >= 0.6 is 0 Å². The minimum Gasteiger partial charge on any atom is -0.291 e. The number of benzene rings is 1. The lowest BCUT2D eigenvalue weighted by Crippen LogP contribution is -2.16. The van der Waals surface area contributed by atoms with Gasteiger partial charge in [-0.1, -0.05) is 44.2 Å². The summed E-state index contributed by atoms with van der Waals surface area (Å²) in [6.45, 7) is 4.30. The molecule has 1 aromatic carbocycles. The Morgan fingerprint density at radius 1 is 1.23 bits per heavy atom. The van der Waals surface area contributed by atoms with E-state index in [0.717, 1.165) is 6.42 Å². The van der Waals surface area contributed by atoms with Gasteiger partial charge in [0.1, 0.15) is 0 Å². The van der Waals surface area contributed by atoms with Gasteiger partial charge in [0, 0.05) is 6.42 Å². The molecule has 69 valence electrons. The fourth-order valence-electron chi connectivity index (χ4n) is 1.40. The van der Waals surface area contributed by atoms with Crippen molar-refractivity contribution in [2.24, 2.45) is 0 Å². The van der Waals surface area contributed by atoms with Crippen molar-refractivity contribution in [3.63, 3.8) is 0 Å². The quantitative estimate of drug-likeness (QED) is 0.687. The lowest BCUT2D eigenvalue weighted by Gasteiger charge is -2.23. The van der Waals surface area contributed by atoms with E-state index in [-0.39, 0.29) is 5.41 Å². The Labute approximate surface area is 79.8 Å². The van der Waals surface area contributed by atoms with Gasteiger partial charge in [-0.2, -0.15) is 0 Å². The van der Waals surface area contributed by atoms with Gasteiger partial charge in [0.05, 0.1) is 0 Å². The smallest absolute Gasteiger partial charge is 0.198 e. The number of carbonyl (C=O) groups excluding carboxylic acids is 1. The molecule has 0 bridgehead atoms. The lowest BCUT2D eigenvalue weighted by atomic mass is 9.81. The fourth-order valence-corrected chi connectivity index (χ4v) is 1.40. The van der Waals surface area contributed by atoms with Crippen molar-refractivity contribution in [3.8, 4) is 0 Å². The molecule has 0 aliphatic heterocycles. The van der Waals surface area contributed by atoms with Gasteiger partial charge < -0.3 is 0 Å². The van der Waals surface area contributed by atoms with Gasteiger partial charge in [0.25, 0.3) is 0 Å². The van der Waals surface area contributed by atoms with Crippen molar-refractivity contribution in [2.45, 2.75) is 32.1 Å². The number of hydrogen-bond donors (Lipinski definition) is 0. The number of hydrogen-bond acceptors (Lipinski definition) is 1. The third-order valence-corrected chi connectivity index (χ3v) is 2.41. The molecule has 0 aromatic heterocycles. The van der Waals surface area contributed by atoms with Gasteiger partial charge in [0.15, 0.2) is 6.29 Å². The largest absolute Gasteiger partial charge is 0.291 e. The molecule has 13 heavy (non-hydrogen) atoms. The Hall–Kier alpha value is -1.11. The zero-order valence-corrected chi connectivity index (χ0v) is 8.21. The van der Waals surface area contributed by atoms with Crippen LogP contribution in [0, 0.1) is 0 Å². The van der Waals surface area contributed by atoms with Crippen LogP contribution in [-0.4, -0.2) is 6.29 Å². The first kappa shape index (κ1) is 9.97. The Kier molecular flexibility index (Phi) is 3.24. The predicted molar refractivity (Wildman–Crippen MR) is 54.4 cm³/mol. The van der Waals surface area contributed by atoms with Gasteiger partial charge in [-0.15, -0.1) is 0 Å². The third-order valence-electron chi connectivity index (χ3n) is 2.41. The monoisotopic (exact) mass is 175 g/mol. The van der Waals surface area contributed by atoms with Crippen molar-refractivity contribution < 1.29 is 4.79 Å². The maximum Gasteiger partial charge on any atom is 0.198 e.